The fourth-order valence-corrected chi connectivity index (χ4v) is 3.70. The highest BCUT2D eigenvalue weighted by Crippen LogP contribution is 2.32. The molecular formula is C24H22O6. The minimum Gasteiger partial charge on any atom is -0.493 e. The van der Waals surface area contributed by atoms with E-state index in [0.717, 1.165) is 35.8 Å². The first-order chi connectivity index (χ1) is 14.6. The minimum atomic E-state index is -0.456. The molecule has 6 heteroatoms. The fraction of sp³-hybridized carbons (Fsp3) is 0.250. The standard InChI is InChI=1S/C24H22O6/c1-27-22-10-15(7-9-23(25)28-2)6-8-20(22)30-24(26)13-18-14-29-21-12-17-5-3-4-16(17)11-19(18)21/h6-12,14H,3-5,13H2,1-2H3/b9-7+. The van der Waals surface area contributed by atoms with Crippen LogP contribution in [0, 0.1) is 0 Å². The summed E-state index contributed by atoms with van der Waals surface area (Å²) in [6.45, 7) is 0. The maximum Gasteiger partial charge on any atom is 0.330 e. The van der Waals surface area contributed by atoms with Crippen LogP contribution in [0.4, 0.5) is 0 Å². The van der Waals surface area contributed by atoms with Gasteiger partial charge in [0, 0.05) is 17.0 Å². The van der Waals surface area contributed by atoms with Gasteiger partial charge in [-0.05, 0) is 66.3 Å². The minimum absolute atomic E-state index is 0.0962. The summed E-state index contributed by atoms with van der Waals surface area (Å²) in [5, 5.41) is 0.961. The van der Waals surface area contributed by atoms with Gasteiger partial charge in [-0.15, -0.1) is 0 Å². The average Bonchev–Trinajstić information content (AvgIpc) is 3.37. The van der Waals surface area contributed by atoms with Gasteiger partial charge in [-0.1, -0.05) is 6.07 Å². The van der Waals surface area contributed by atoms with E-state index in [2.05, 4.69) is 16.9 Å². The molecule has 0 aliphatic heterocycles. The Kier molecular flexibility index (Phi) is 5.57. The van der Waals surface area contributed by atoms with Crippen molar-refractivity contribution in [1.82, 2.24) is 0 Å². The number of methoxy groups -OCH3 is 2. The molecule has 2 aromatic carbocycles. The average molecular weight is 406 g/mol. The molecule has 1 aromatic heterocycles. The number of fused-ring (bicyclic) bond motifs is 2. The highest BCUT2D eigenvalue weighted by Gasteiger charge is 2.18. The third-order valence-electron chi connectivity index (χ3n) is 5.23. The number of aryl methyl sites for hydroxylation is 2. The Morgan fingerprint density at radius 2 is 1.87 bits per heavy atom. The maximum absolute atomic E-state index is 12.6. The Morgan fingerprint density at radius 1 is 1.07 bits per heavy atom. The lowest BCUT2D eigenvalue weighted by atomic mass is 10.0. The fourth-order valence-electron chi connectivity index (χ4n) is 3.70. The molecule has 1 aliphatic carbocycles. The number of furan rings is 1. The largest absolute Gasteiger partial charge is 0.493 e. The molecule has 4 rings (SSSR count). The SMILES string of the molecule is COC(=O)/C=C/c1ccc(OC(=O)Cc2coc3cc4c(cc23)CCC4)c(OC)c1. The topological polar surface area (TPSA) is 75.0 Å². The molecule has 0 fully saturated rings. The number of hydrogen-bond donors (Lipinski definition) is 0. The van der Waals surface area contributed by atoms with E-state index in [1.165, 1.54) is 31.4 Å². The Morgan fingerprint density at radius 3 is 2.63 bits per heavy atom. The molecule has 3 aromatic rings. The summed E-state index contributed by atoms with van der Waals surface area (Å²) in [5.41, 5.74) is 4.98. The second-order valence-corrected chi connectivity index (χ2v) is 7.15. The van der Waals surface area contributed by atoms with E-state index in [9.17, 15) is 9.59 Å². The van der Waals surface area contributed by atoms with Crippen molar-refractivity contribution in [3.05, 3.63) is 64.9 Å². The van der Waals surface area contributed by atoms with Gasteiger partial charge in [0.25, 0.3) is 0 Å². The Labute approximate surface area is 174 Å². The van der Waals surface area contributed by atoms with Crippen LogP contribution >= 0.6 is 0 Å². The molecule has 0 unspecified atom stereocenters. The van der Waals surface area contributed by atoms with E-state index in [4.69, 9.17) is 13.9 Å². The van der Waals surface area contributed by atoms with Crippen LogP contribution in [-0.2, 0) is 33.6 Å². The van der Waals surface area contributed by atoms with Crippen LogP contribution in [0.1, 0.15) is 28.7 Å². The number of rotatable bonds is 6. The molecule has 0 amide bonds. The maximum atomic E-state index is 12.6. The number of benzene rings is 2. The number of ether oxygens (including phenoxy) is 3. The van der Waals surface area contributed by atoms with Crippen LogP contribution in [0.15, 0.2) is 47.1 Å². The molecule has 0 bridgehead atoms. The molecular weight excluding hydrogens is 384 g/mol. The Bertz CT molecular complexity index is 1140. The smallest absolute Gasteiger partial charge is 0.330 e. The van der Waals surface area contributed by atoms with Gasteiger partial charge in [-0.25, -0.2) is 4.79 Å². The molecule has 154 valence electrons. The second-order valence-electron chi connectivity index (χ2n) is 7.15. The monoisotopic (exact) mass is 406 g/mol. The van der Waals surface area contributed by atoms with Crippen LogP contribution in [0.3, 0.4) is 0 Å². The van der Waals surface area contributed by atoms with Gasteiger partial charge in [0.1, 0.15) is 5.58 Å². The summed E-state index contributed by atoms with van der Waals surface area (Å²) in [6, 6.07) is 9.25. The number of hydrogen-bond acceptors (Lipinski definition) is 6. The molecule has 0 saturated heterocycles. The zero-order valence-corrected chi connectivity index (χ0v) is 16.9. The Hall–Kier alpha value is -3.54. The van der Waals surface area contributed by atoms with Crippen molar-refractivity contribution in [3.63, 3.8) is 0 Å². The first kappa shape index (κ1) is 19.8. The van der Waals surface area contributed by atoms with Gasteiger partial charge in [0.2, 0.25) is 0 Å². The first-order valence-electron chi connectivity index (χ1n) is 9.74. The van der Waals surface area contributed by atoms with Crippen molar-refractivity contribution < 1.29 is 28.2 Å². The molecule has 30 heavy (non-hydrogen) atoms. The number of carbonyl (C=O) groups is 2. The van der Waals surface area contributed by atoms with Crippen molar-refractivity contribution in [3.8, 4) is 11.5 Å². The third kappa shape index (κ3) is 4.08. The van der Waals surface area contributed by atoms with Crippen LogP contribution in [0.2, 0.25) is 0 Å². The van der Waals surface area contributed by atoms with Gasteiger partial charge >= 0.3 is 11.9 Å². The van der Waals surface area contributed by atoms with Crippen molar-refractivity contribution in [1.29, 1.82) is 0 Å². The normalized spacial score (nSPS) is 12.9. The summed E-state index contributed by atoms with van der Waals surface area (Å²) in [6.07, 6.45) is 7.92. The van der Waals surface area contributed by atoms with E-state index >= 15 is 0 Å². The molecule has 6 nitrogen and oxygen atoms in total. The van der Waals surface area contributed by atoms with Crippen LogP contribution < -0.4 is 9.47 Å². The predicted molar refractivity (Wildman–Crippen MR) is 112 cm³/mol. The van der Waals surface area contributed by atoms with E-state index in [1.807, 2.05) is 0 Å². The van der Waals surface area contributed by atoms with Crippen LogP contribution in [-0.4, -0.2) is 26.2 Å². The lowest BCUT2D eigenvalue weighted by molar-refractivity contribution is -0.135. The quantitative estimate of drug-likeness (QED) is 0.346. The van der Waals surface area contributed by atoms with Crippen molar-refractivity contribution in [2.75, 3.05) is 14.2 Å². The number of carbonyl (C=O) groups excluding carboxylic acids is 2. The van der Waals surface area contributed by atoms with Gasteiger partial charge in [-0.3, -0.25) is 4.79 Å². The zero-order chi connectivity index (χ0) is 21.1. The number of esters is 2. The second kappa shape index (κ2) is 8.45. The summed E-state index contributed by atoms with van der Waals surface area (Å²) < 4.78 is 21.1. The Balaban J connectivity index is 1.49. The van der Waals surface area contributed by atoms with Gasteiger partial charge in [0.15, 0.2) is 11.5 Å². The van der Waals surface area contributed by atoms with E-state index < -0.39 is 11.9 Å². The van der Waals surface area contributed by atoms with Gasteiger partial charge in [-0.2, -0.15) is 0 Å². The highest BCUT2D eigenvalue weighted by atomic mass is 16.6. The van der Waals surface area contributed by atoms with Gasteiger partial charge < -0.3 is 18.6 Å². The summed E-state index contributed by atoms with van der Waals surface area (Å²) in [4.78, 5) is 23.8. The molecule has 1 aliphatic rings. The van der Waals surface area contributed by atoms with Crippen molar-refractivity contribution in [2.45, 2.75) is 25.7 Å². The van der Waals surface area contributed by atoms with Crippen LogP contribution in [0.5, 0.6) is 11.5 Å². The first-order valence-corrected chi connectivity index (χ1v) is 9.74. The molecule has 0 spiro atoms. The molecule has 0 saturated carbocycles. The molecule has 1 heterocycles. The summed E-state index contributed by atoms with van der Waals surface area (Å²) in [5.74, 6) is -0.159. The van der Waals surface area contributed by atoms with E-state index in [-0.39, 0.29) is 6.42 Å². The van der Waals surface area contributed by atoms with Crippen molar-refractivity contribution in [2.24, 2.45) is 0 Å². The predicted octanol–water partition coefficient (Wildman–Crippen LogP) is 4.26. The van der Waals surface area contributed by atoms with Crippen molar-refractivity contribution >= 4 is 29.0 Å². The van der Waals surface area contributed by atoms with E-state index in [0.29, 0.717) is 17.1 Å². The third-order valence-corrected chi connectivity index (χ3v) is 5.23. The molecule has 0 N–H and O–H groups in total. The van der Waals surface area contributed by atoms with Crippen LogP contribution in [0.25, 0.3) is 17.0 Å². The van der Waals surface area contributed by atoms with Gasteiger partial charge in [0.05, 0.1) is 26.9 Å². The lowest BCUT2D eigenvalue weighted by Gasteiger charge is -2.10. The highest BCUT2D eigenvalue weighted by molar-refractivity contribution is 5.88. The zero-order valence-electron chi connectivity index (χ0n) is 16.9. The van der Waals surface area contributed by atoms with E-state index in [1.54, 1.807) is 30.5 Å². The summed E-state index contributed by atoms with van der Waals surface area (Å²) >= 11 is 0. The lowest BCUT2D eigenvalue weighted by Crippen LogP contribution is -2.11. The summed E-state index contributed by atoms with van der Waals surface area (Å²) in [7, 11) is 2.80. The molecule has 0 atom stereocenters. The molecule has 0 radical (unpaired) electrons.